The van der Waals surface area contributed by atoms with E-state index in [0.717, 1.165) is 106 Å². The summed E-state index contributed by atoms with van der Waals surface area (Å²) in [6, 6.07) is 96.7. The lowest BCUT2D eigenvalue weighted by molar-refractivity contribution is 0.590. The zero-order valence-corrected chi connectivity index (χ0v) is 48.9. The van der Waals surface area contributed by atoms with Crippen LogP contribution in [-0.4, -0.2) is 6.71 Å². The molecule has 13 aromatic rings. The van der Waals surface area contributed by atoms with E-state index in [1.165, 1.54) is 27.1 Å². The van der Waals surface area contributed by atoms with E-state index in [1.807, 2.05) is 36.4 Å². The van der Waals surface area contributed by atoms with Crippen LogP contribution >= 0.6 is 0 Å². The zero-order valence-electron chi connectivity index (χ0n) is 51.9. The van der Waals surface area contributed by atoms with Gasteiger partial charge < -0.3 is 9.80 Å². The fourth-order valence-corrected chi connectivity index (χ4v) is 13.4. The molecule has 0 radical (unpaired) electrons. The first-order valence-corrected chi connectivity index (χ1v) is 29.8. The summed E-state index contributed by atoms with van der Waals surface area (Å²) in [7, 11) is 0. The Kier molecular flexibility index (Phi) is 11.7. The van der Waals surface area contributed by atoms with E-state index in [2.05, 4.69) is 282 Å². The summed E-state index contributed by atoms with van der Waals surface area (Å²) in [6.07, 6.45) is 0. The Labute approximate surface area is 505 Å². The predicted molar refractivity (Wildman–Crippen MR) is 365 cm³/mol. The van der Waals surface area contributed by atoms with Gasteiger partial charge in [0.25, 0.3) is 6.71 Å². The van der Waals surface area contributed by atoms with Crippen molar-refractivity contribution in [3.8, 4) is 66.8 Å². The highest BCUT2D eigenvalue weighted by Gasteiger charge is 2.46. The number of nitrogens with zero attached hydrogens (tertiary/aromatic N) is 2. The largest absolute Gasteiger partial charge is 0.310 e. The summed E-state index contributed by atoms with van der Waals surface area (Å²) in [6.45, 7) is 13.6. The molecule has 0 bridgehead atoms. The van der Waals surface area contributed by atoms with Crippen molar-refractivity contribution in [3.05, 3.63) is 296 Å². The van der Waals surface area contributed by atoms with E-state index in [9.17, 15) is 4.11 Å². The number of fused-ring (bicyclic) bond motifs is 7. The van der Waals surface area contributed by atoms with Gasteiger partial charge in [-0.15, -0.1) is 0 Å². The lowest BCUT2D eigenvalue weighted by Crippen LogP contribution is -2.61. The molecule has 0 atom stereocenters. The molecular weight excluding hydrogens is 1020 g/mol. The molecule has 85 heavy (non-hydrogen) atoms. The SMILES string of the molecule is [2H]c1c([2H])c(-c2ccccc2)c(N2c3ccc(-c4ccccc4)cc3B3c4cc(-c5ccccc5)ccc4N(c4c(-c5ccccc5)cc(C(C)(C)C)cc4-c4cc5ccccc5c5ccccc45)c4cc(C(C)(C)C)cc2c43)c(-c2ccccc2)c1[2H]. The molecule has 2 aliphatic heterocycles. The molecule has 0 fully saturated rings. The number of rotatable bonds is 8. The Balaban J connectivity index is 1.16. The number of hydrogen-bond donors (Lipinski definition) is 0. The highest BCUT2D eigenvalue weighted by Crippen LogP contribution is 2.55. The van der Waals surface area contributed by atoms with Crippen molar-refractivity contribution < 1.29 is 4.11 Å². The van der Waals surface area contributed by atoms with Crippen molar-refractivity contribution in [2.45, 2.75) is 52.4 Å². The predicted octanol–water partition coefficient (Wildman–Crippen LogP) is 20.7. The van der Waals surface area contributed by atoms with Crippen molar-refractivity contribution in [2.24, 2.45) is 0 Å². The van der Waals surface area contributed by atoms with Crippen molar-refractivity contribution >= 4 is 78.8 Å². The van der Waals surface area contributed by atoms with E-state index < -0.39 is 0 Å². The van der Waals surface area contributed by atoms with Crippen molar-refractivity contribution in [1.29, 1.82) is 0 Å². The summed E-state index contributed by atoms with van der Waals surface area (Å²) in [5, 5.41) is 4.77. The monoisotopic (exact) mass is 1090 g/mol. The number of benzene rings is 13. The molecule has 0 unspecified atom stereocenters. The minimum Gasteiger partial charge on any atom is -0.310 e. The fraction of sp³-hybridized carbons (Fsp3) is 0.0976. The van der Waals surface area contributed by atoms with Crippen LogP contribution < -0.4 is 26.2 Å². The molecule has 0 N–H and O–H groups in total. The minimum atomic E-state index is -0.375. The van der Waals surface area contributed by atoms with Gasteiger partial charge in [-0.25, -0.2) is 0 Å². The normalized spacial score (nSPS) is 13.2. The Morgan fingerprint density at radius 3 is 1.18 bits per heavy atom. The first kappa shape index (κ1) is 48.6. The van der Waals surface area contributed by atoms with E-state index in [1.54, 1.807) is 0 Å². The first-order chi connectivity index (χ1) is 42.7. The maximum absolute atomic E-state index is 10.2. The second-order valence-electron chi connectivity index (χ2n) is 25.0. The Morgan fingerprint density at radius 2 is 0.694 bits per heavy atom. The number of hydrogen-bond acceptors (Lipinski definition) is 2. The third-order valence-electron chi connectivity index (χ3n) is 17.7. The second kappa shape index (κ2) is 20.4. The third kappa shape index (κ3) is 8.88. The van der Waals surface area contributed by atoms with Gasteiger partial charge in [-0.3, -0.25) is 0 Å². The standard InChI is InChI=1S/C82H65BN2/c1-81(2,3)62-50-69(58-35-20-11-21-36-58)80(71(51-62)70-47-61-37-22-23-38-64(61)67-39-24-25-40-68(67)70)85-75-46-44-60(55-29-14-8-15-30-55)49-73(75)83-72-48-59(54-27-12-7-13-28-54)43-45-74(72)84(76-52-63(82(4,5)6)53-77(85)78(76)83)79-65(56-31-16-9-17-32-56)41-26-42-66(79)57-33-18-10-19-34-57/h7-53H,1-6H3/i26D,41D,42D. The summed E-state index contributed by atoms with van der Waals surface area (Å²) in [5.74, 6) is 0. The summed E-state index contributed by atoms with van der Waals surface area (Å²) in [5.41, 5.74) is 22.7. The van der Waals surface area contributed by atoms with Gasteiger partial charge in [0, 0.05) is 45.0 Å². The van der Waals surface area contributed by atoms with Crippen molar-refractivity contribution in [3.63, 3.8) is 0 Å². The van der Waals surface area contributed by atoms with Gasteiger partial charge in [0.2, 0.25) is 0 Å². The summed E-state index contributed by atoms with van der Waals surface area (Å²) < 4.78 is 30.0. The molecule has 0 amide bonds. The third-order valence-corrected chi connectivity index (χ3v) is 17.7. The van der Waals surface area contributed by atoms with Gasteiger partial charge in [-0.1, -0.05) is 284 Å². The average molecular weight is 1090 g/mol. The lowest BCUT2D eigenvalue weighted by atomic mass is 9.33. The quantitative estimate of drug-likeness (QED) is 0.111. The second-order valence-corrected chi connectivity index (χ2v) is 25.0. The van der Waals surface area contributed by atoms with Gasteiger partial charge in [0.1, 0.15) is 0 Å². The van der Waals surface area contributed by atoms with Crippen LogP contribution in [0.5, 0.6) is 0 Å². The average Bonchev–Trinajstić information content (AvgIpc) is 0.715. The lowest BCUT2D eigenvalue weighted by Gasteiger charge is -2.46. The minimum absolute atomic E-state index is 0.00877. The molecule has 0 saturated carbocycles. The van der Waals surface area contributed by atoms with Crippen molar-refractivity contribution in [2.75, 3.05) is 9.80 Å². The van der Waals surface area contributed by atoms with Gasteiger partial charge >= 0.3 is 0 Å². The Bertz CT molecular complexity index is 4830. The van der Waals surface area contributed by atoms with Gasteiger partial charge in [0.05, 0.1) is 15.5 Å². The summed E-state index contributed by atoms with van der Waals surface area (Å²) >= 11 is 0. The van der Waals surface area contributed by atoms with Crippen LogP contribution in [0.15, 0.2) is 285 Å². The van der Waals surface area contributed by atoms with Crippen LogP contribution in [0, 0.1) is 0 Å². The molecule has 13 aromatic carbocycles. The fourth-order valence-electron chi connectivity index (χ4n) is 13.4. The molecule has 2 heterocycles. The molecule has 2 nitrogen and oxygen atoms in total. The van der Waals surface area contributed by atoms with Crippen LogP contribution in [0.3, 0.4) is 0 Å². The molecular formula is C82H65BN2. The highest BCUT2D eigenvalue weighted by atomic mass is 15.2. The maximum atomic E-state index is 10.2. The van der Waals surface area contributed by atoms with E-state index in [4.69, 9.17) is 0 Å². The van der Waals surface area contributed by atoms with E-state index in [0.29, 0.717) is 16.8 Å². The van der Waals surface area contributed by atoms with Crippen LogP contribution in [0.2, 0.25) is 0 Å². The van der Waals surface area contributed by atoms with Gasteiger partial charge in [-0.2, -0.15) is 0 Å². The topological polar surface area (TPSA) is 6.48 Å². The van der Waals surface area contributed by atoms with Crippen LogP contribution in [-0.2, 0) is 10.8 Å². The molecule has 3 heteroatoms. The molecule has 0 aliphatic carbocycles. The number of para-hydroxylation sites is 1. The first-order valence-electron chi connectivity index (χ1n) is 31.3. The van der Waals surface area contributed by atoms with Gasteiger partial charge in [0.15, 0.2) is 0 Å². The van der Waals surface area contributed by atoms with E-state index >= 15 is 0 Å². The maximum Gasteiger partial charge on any atom is 0.252 e. The molecule has 15 rings (SSSR count). The molecule has 406 valence electrons. The zero-order chi connectivity index (χ0) is 60.2. The number of anilines is 6. The van der Waals surface area contributed by atoms with Gasteiger partial charge in [-0.05, 0) is 147 Å². The summed E-state index contributed by atoms with van der Waals surface area (Å²) in [4.78, 5) is 5.03. The van der Waals surface area contributed by atoms with Crippen molar-refractivity contribution in [1.82, 2.24) is 0 Å². The van der Waals surface area contributed by atoms with Crippen LogP contribution in [0.25, 0.3) is 88.3 Å². The highest BCUT2D eigenvalue weighted by molar-refractivity contribution is 7.00. The Hall–Kier alpha value is -9.96. The molecule has 0 aromatic heterocycles. The smallest absolute Gasteiger partial charge is 0.252 e. The molecule has 0 saturated heterocycles. The molecule has 2 aliphatic rings. The van der Waals surface area contributed by atoms with E-state index in [-0.39, 0.29) is 35.7 Å². The molecule has 0 spiro atoms. The van der Waals surface area contributed by atoms with Crippen LogP contribution in [0.4, 0.5) is 34.1 Å². The Morgan fingerprint density at radius 1 is 0.306 bits per heavy atom. The van der Waals surface area contributed by atoms with Crippen LogP contribution in [0.1, 0.15) is 56.8 Å².